The molecule has 8 heteroatoms. The van der Waals surface area contributed by atoms with Crippen LogP contribution in [0.5, 0.6) is 0 Å². The summed E-state index contributed by atoms with van der Waals surface area (Å²) in [7, 11) is 0. The highest BCUT2D eigenvalue weighted by Crippen LogP contribution is 2.28. The van der Waals surface area contributed by atoms with E-state index in [9.17, 15) is 10.1 Å². The molecular formula is C9H10N4O3S. The fourth-order valence-electron chi connectivity index (χ4n) is 1.25. The number of furan rings is 1. The Balaban J connectivity index is 2.15. The van der Waals surface area contributed by atoms with Gasteiger partial charge >= 0.3 is 5.88 Å². The van der Waals surface area contributed by atoms with Crippen molar-refractivity contribution in [3.8, 4) is 10.8 Å². The quantitative estimate of drug-likeness (QED) is 0.641. The summed E-state index contributed by atoms with van der Waals surface area (Å²) in [5.41, 5.74) is 5.39. The van der Waals surface area contributed by atoms with Crippen molar-refractivity contribution in [1.29, 1.82) is 0 Å². The molecule has 0 aromatic carbocycles. The van der Waals surface area contributed by atoms with Crippen molar-refractivity contribution in [2.24, 2.45) is 5.73 Å². The van der Waals surface area contributed by atoms with E-state index in [2.05, 4.69) is 10.2 Å². The zero-order chi connectivity index (χ0) is 12.3. The molecule has 0 saturated carbocycles. The third-order valence-corrected chi connectivity index (χ3v) is 3.04. The molecule has 0 bridgehead atoms. The van der Waals surface area contributed by atoms with E-state index in [-0.39, 0.29) is 5.88 Å². The predicted octanol–water partition coefficient (Wildman–Crippen LogP) is 1.60. The Bertz CT molecular complexity index is 522. The Hall–Kier alpha value is -1.80. The molecule has 0 spiro atoms. The van der Waals surface area contributed by atoms with Crippen LogP contribution in [-0.2, 0) is 6.42 Å². The maximum atomic E-state index is 10.5. The molecule has 17 heavy (non-hydrogen) atoms. The molecule has 0 aliphatic rings. The Kier molecular flexibility index (Phi) is 3.45. The second kappa shape index (κ2) is 5.02. The van der Waals surface area contributed by atoms with Gasteiger partial charge in [0.05, 0.1) is 6.07 Å². The zero-order valence-electron chi connectivity index (χ0n) is 8.83. The standard InChI is InChI=1S/C9H10N4O3S/c10-5-1-2-7-11-12-9(17-7)6-3-4-8(16-6)13(14)15/h3-4H,1-2,5,10H2. The lowest BCUT2D eigenvalue weighted by molar-refractivity contribution is -0.401. The number of nitrogens with zero attached hydrogens (tertiary/aromatic N) is 3. The number of rotatable bonds is 5. The maximum Gasteiger partial charge on any atom is 0.433 e. The predicted molar refractivity (Wildman–Crippen MR) is 61.6 cm³/mol. The highest BCUT2D eigenvalue weighted by molar-refractivity contribution is 7.14. The summed E-state index contributed by atoms with van der Waals surface area (Å²) in [5.74, 6) is 0.0758. The molecule has 2 heterocycles. The minimum Gasteiger partial charge on any atom is -0.398 e. The first-order chi connectivity index (χ1) is 8.20. The number of nitro groups is 1. The lowest BCUT2D eigenvalue weighted by Gasteiger charge is -1.89. The highest BCUT2D eigenvalue weighted by atomic mass is 32.1. The van der Waals surface area contributed by atoms with Crippen LogP contribution in [0.3, 0.4) is 0 Å². The molecule has 2 aromatic heterocycles. The Morgan fingerprint density at radius 2 is 2.29 bits per heavy atom. The number of hydrogen-bond donors (Lipinski definition) is 1. The monoisotopic (exact) mass is 254 g/mol. The molecule has 90 valence electrons. The summed E-state index contributed by atoms with van der Waals surface area (Å²) in [4.78, 5) is 9.87. The normalized spacial score (nSPS) is 10.6. The molecule has 0 unspecified atom stereocenters. The van der Waals surface area contributed by atoms with E-state index in [0.717, 1.165) is 17.8 Å². The van der Waals surface area contributed by atoms with Gasteiger partial charge in [-0.2, -0.15) is 0 Å². The molecule has 0 fully saturated rings. The summed E-state index contributed by atoms with van der Waals surface area (Å²) in [6, 6.07) is 2.82. The molecule has 0 aliphatic carbocycles. The first-order valence-electron chi connectivity index (χ1n) is 4.97. The lowest BCUT2D eigenvalue weighted by Crippen LogP contribution is -1.99. The van der Waals surface area contributed by atoms with E-state index in [1.165, 1.54) is 23.5 Å². The average Bonchev–Trinajstić information content (AvgIpc) is 2.94. The fraction of sp³-hybridized carbons (Fsp3) is 0.333. The summed E-state index contributed by atoms with van der Waals surface area (Å²) < 4.78 is 5.03. The van der Waals surface area contributed by atoms with Gasteiger partial charge in [0.25, 0.3) is 0 Å². The van der Waals surface area contributed by atoms with Gasteiger partial charge < -0.3 is 10.2 Å². The van der Waals surface area contributed by atoms with Gasteiger partial charge in [-0.1, -0.05) is 11.3 Å². The van der Waals surface area contributed by atoms with Crippen LogP contribution in [0.1, 0.15) is 11.4 Å². The van der Waals surface area contributed by atoms with Crippen molar-refractivity contribution in [3.05, 3.63) is 27.3 Å². The second-order valence-corrected chi connectivity index (χ2v) is 4.35. The van der Waals surface area contributed by atoms with Crippen molar-refractivity contribution >= 4 is 17.2 Å². The van der Waals surface area contributed by atoms with Crippen LogP contribution in [0.2, 0.25) is 0 Å². The van der Waals surface area contributed by atoms with Crippen molar-refractivity contribution in [1.82, 2.24) is 10.2 Å². The van der Waals surface area contributed by atoms with Gasteiger partial charge in [0.15, 0.2) is 10.8 Å². The zero-order valence-corrected chi connectivity index (χ0v) is 9.64. The van der Waals surface area contributed by atoms with Crippen molar-refractivity contribution < 1.29 is 9.34 Å². The van der Waals surface area contributed by atoms with Gasteiger partial charge in [0.1, 0.15) is 9.93 Å². The van der Waals surface area contributed by atoms with E-state index >= 15 is 0 Å². The van der Waals surface area contributed by atoms with Gasteiger partial charge in [0.2, 0.25) is 0 Å². The summed E-state index contributed by atoms with van der Waals surface area (Å²) in [6.45, 7) is 0.598. The smallest absolute Gasteiger partial charge is 0.398 e. The van der Waals surface area contributed by atoms with Crippen LogP contribution in [0.15, 0.2) is 16.5 Å². The maximum absolute atomic E-state index is 10.5. The van der Waals surface area contributed by atoms with Crippen molar-refractivity contribution in [3.63, 3.8) is 0 Å². The molecule has 7 nitrogen and oxygen atoms in total. The van der Waals surface area contributed by atoms with E-state index in [4.69, 9.17) is 10.2 Å². The van der Waals surface area contributed by atoms with Gasteiger partial charge in [-0.25, -0.2) is 0 Å². The molecule has 2 aromatic rings. The van der Waals surface area contributed by atoms with Crippen LogP contribution >= 0.6 is 11.3 Å². The van der Waals surface area contributed by atoms with Crippen LogP contribution in [0.4, 0.5) is 5.88 Å². The average molecular weight is 254 g/mol. The molecule has 0 radical (unpaired) electrons. The number of aromatic nitrogens is 2. The first kappa shape index (κ1) is 11.7. The minimum absolute atomic E-state index is 0.293. The third-order valence-electron chi connectivity index (χ3n) is 2.04. The Morgan fingerprint density at radius 1 is 1.47 bits per heavy atom. The van der Waals surface area contributed by atoms with Crippen molar-refractivity contribution in [2.45, 2.75) is 12.8 Å². The van der Waals surface area contributed by atoms with E-state index in [1.807, 2.05) is 0 Å². The molecule has 2 rings (SSSR count). The topological polar surface area (TPSA) is 108 Å². The van der Waals surface area contributed by atoms with E-state index < -0.39 is 4.92 Å². The Morgan fingerprint density at radius 3 is 2.94 bits per heavy atom. The van der Waals surface area contributed by atoms with Crippen LogP contribution < -0.4 is 5.73 Å². The van der Waals surface area contributed by atoms with Gasteiger partial charge in [-0.3, -0.25) is 10.1 Å². The fourth-order valence-corrected chi connectivity index (χ4v) is 2.09. The van der Waals surface area contributed by atoms with Crippen molar-refractivity contribution in [2.75, 3.05) is 6.54 Å². The van der Waals surface area contributed by atoms with Gasteiger partial charge in [0, 0.05) is 6.42 Å². The largest absolute Gasteiger partial charge is 0.433 e. The number of hydrogen-bond acceptors (Lipinski definition) is 7. The molecule has 0 atom stereocenters. The van der Waals surface area contributed by atoms with Gasteiger partial charge in [-0.15, -0.1) is 10.2 Å². The lowest BCUT2D eigenvalue weighted by atomic mass is 10.3. The molecule has 2 N–H and O–H groups in total. The summed E-state index contributed by atoms with van der Waals surface area (Å²) >= 11 is 1.36. The van der Waals surface area contributed by atoms with Crippen LogP contribution in [-0.4, -0.2) is 21.7 Å². The molecule has 0 amide bonds. The Labute approximate surface area is 100 Å². The summed E-state index contributed by atoms with van der Waals surface area (Å²) in [6.07, 6.45) is 1.60. The van der Waals surface area contributed by atoms with Crippen LogP contribution in [0, 0.1) is 10.1 Å². The SMILES string of the molecule is NCCCc1nnc(-c2ccc([N+](=O)[O-])o2)s1. The molecular weight excluding hydrogens is 244 g/mol. The molecule has 0 saturated heterocycles. The van der Waals surface area contributed by atoms with E-state index in [0.29, 0.717) is 17.3 Å². The van der Waals surface area contributed by atoms with Crippen LogP contribution in [0.25, 0.3) is 10.8 Å². The number of aryl methyl sites for hydroxylation is 1. The first-order valence-corrected chi connectivity index (χ1v) is 5.79. The van der Waals surface area contributed by atoms with E-state index in [1.54, 1.807) is 0 Å². The summed E-state index contributed by atoms with van der Waals surface area (Å²) in [5, 5.41) is 19.7. The minimum atomic E-state index is -0.583. The highest BCUT2D eigenvalue weighted by Gasteiger charge is 2.16. The van der Waals surface area contributed by atoms with Gasteiger partial charge in [-0.05, 0) is 19.0 Å². The molecule has 0 aliphatic heterocycles. The second-order valence-electron chi connectivity index (χ2n) is 3.29. The number of nitrogens with two attached hydrogens (primary N) is 1. The third kappa shape index (κ3) is 2.66.